The van der Waals surface area contributed by atoms with Crippen molar-refractivity contribution in [2.24, 2.45) is 0 Å². The Morgan fingerprint density at radius 3 is 2.95 bits per heavy atom. The van der Waals surface area contributed by atoms with Crippen molar-refractivity contribution < 1.29 is 13.5 Å². The predicted octanol–water partition coefficient (Wildman–Crippen LogP) is 1.31. The van der Waals surface area contributed by atoms with Crippen LogP contribution >= 0.6 is 11.3 Å². The van der Waals surface area contributed by atoms with Gasteiger partial charge in [-0.15, -0.1) is 11.3 Å². The third kappa shape index (κ3) is 3.23. The molecule has 1 aliphatic rings. The number of sulfonamides is 1. The molecule has 20 heavy (non-hydrogen) atoms. The van der Waals surface area contributed by atoms with E-state index in [4.69, 9.17) is 0 Å². The minimum absolute atomic E-state index is 0.237. The molecule has 2 heterocycles. The van der Waals surface area contributed by atoms with E-state index in [1.165, 1.54) is 11.3 Å². The first-order valence-electron chi connectivity index (χ1n) is 6.91. The van der Waals surface area contributed by atoms with Crippen LogP contribution in [0.25, 0.3) is 0 Å². The van der Waals surface area contributed by atoms with Gasteiger partial charge >= 0.3 is 0 Å². The molecule has 1 saturated heterocycles. The molecule has 1 aromatic heterocycles. The van der Waals surface area contributed by atoms with E-state index < -0.39 is 10.0 Å². The van der Waals surface area contributed by atoms with Gasteiger partial charge in [-0.05, 0) is 43.8 Å². The Morgan fingerprint density at radius 2 is 2.30 bits per heavy atom. The van der Waals surface area contributed by atoms with Gasteiger partial charge in [0.25, 0.3) is 0 Å². The smallest absolute Gasteiger partial charge is 0.242 e. The van der Waals surface area contributed by atoms with Gasteiger partial charge in [-0.2, -0.15) is 0 Å². The molecular weight excluding hydrogens is 296 g/mol. The van der Waals surface area contributed by atoms with E-state index in [2.05, 4.69) is 16.5 Å². The summed E-state index contributed by atoms with van der Waals surface area (Å²) in [4.78, 5) is 3.07. The van der Waals surface area contributed by atoms with E-state index in [0.29, 0.717) is 17.0 Å². The van der Waals surface area contributed by atoms with Gasteiger partial charge in [0.2, 0.25) is 10.0 Å². The van der Waals surface area contributed by atoms with Crippen LogP contribution in [-0.2, 0) is 16.6 Å². The minimum Gasteiger partial charge on any atom is -0.391 e. The van der Waals surface area contributed by atoms with Crippen LogP contribution in [0.3, 0.4) is 0 Å². The molecule has 2 N–H and O–H groups in total. The first-order chi connectivity index (χ1) is 9.49. The third-order valence-electron chi connectivity index (χ3n) is 3.82. The molecule has 0 bridgehead atoms. The molecule has 1 aromatic rings. The molecule has 0 radical (unpaired) electrons. The number of rotatable bonds is 6. The van der Waals surface area contributed by atoms with Gasteiger partial charge in [-0.1, -0.05) is 6.92 Å². The van der Waals surface area contributed by atoms with Crippen LogP contribution in [0.15, 0.2) is 10.3 Å². The summed E-state index contributed by atoms with van der Waals surface area (Å²) in [6.45, 7) is 6.06. The number of hydrogen-bond donors (Lipinski definition) is 2. The van der Waals surface area contributed by atoms with Crippen LogP contribution in [0.5, 0.6) is 0 Å². The zero-order chi connectivity index (χ0) is 14.8. The summed E-state index contributed by atoms with van der Waals surface area (Å²) in [6, 6.07) is 0.284. The Labute approximate surface area is 124 Å². The van der Waals surface area contributed by atoms with E-state index in [-0.39, 0.29) is 17.5 Å². The molecule has 114 valence electrons. The topological polar surface area (TPSA) is 69.6 Å². The maximum absolute atomic E-state index is 12.4. The second kappa shape index (κ2) is 6.53. The van der Waals surface area contributed by atoms with Crippen molar-refractivity contribution in [3.8, 4) is 0 Å². The Kier molecular flexibility index (Phi) is 5.19. The van der Waals surface area contributed by atoms with Gasteiger partial charge in [0, 0.05) is 12.6 Å². The maximum Gasteiger partial charge on any atom is 0.242 e. The lowest BCUT2D eigenvalue weighted by molar-refractivity contribution is 0.267. The molecule has 7 heteroatoms. The molecule has 0 aliphatic carbocycles. The summed E-state index contributed by atoms with van der Waals surface area (Å²) in [5, 5.41) is 11.0. The van der Waals surface area contributed by atoms with Crippen molar-refractivity contribution in [3.63, 3.8) is 0 Å². The SMILES string of the molecule is CCN1CCCC1CNS(=O)(=O)c1c(C)csc1CO. The Bertz CT molecular complexity index is 554. The Morgan fingerprint density at radius 1 is 1.55 bits per heavy atom. The first-order valence-corrected chi connectivity index (χ1v) is 9.27. The number of nitrogens with one attached hydrogen (secondary N) is 1. The highest BCUT2D eigenvalue weighted by molar-refractivity contribution is 7.89. The molecule has 1 fully saturated rings. The number of aliphatic hydroxyl groups excluding tert-OH is 1. The molecule has 0 amide bonds. The van der Waals surface area contributed by atoms with Crippen LogP contribution in [0.4, 0.5) is 0 Å². The number of likely N-dealkylation sites (N-methyl/N-ethyl adjacent to an activating group) is 1. The molecule has 2 rings (SSSR count). The Hall–Kier alpha value is -0.470. The predicted molar refractivity (Wildman–Crippen MR) is 80.4 cm³/mol. The fraction of sp³-hybridized carbons (Fsp3) is 0.692. The second-order valence-electron chi connectivity index (χ2n) is 5.11. The van der Waals surface area contributed by atoms with Crippen LogP contribution in [0.1, 0.15) is 30.2 Å². The van der Waals surface area contributed by atoms with Crippen molar-refractivity contribution in [1.82, 2.24) is 9.62 Å². The monoisotopic (exact) mass is 318 g/mol. The lowest BCUT2D eigenvalue weighted by Crippen LogP contribution is -2.40. The molecule has 0 aromatic carbocycles. The van der Waals surface area contributed by atoms with Crippen molar-refractivity contribution in [2.75, 3.05) is 19.6 Å². The van der Waals surface area contributed by atoms with Crippen LogP contribution < -0.4 is 4.72 Å². The van der Waals surface area contributed by atoms with Crippen molar-refractivity contribution in [2.45, 2.75) is 44.2 Å². The zero-order valence-corrected chi connectivity index (χ0v) is 13.6. The summed E-state index contributed by atoms with van der Waals surface area (Å²) in [5.74, 6) is 0. The highest BCUT2D eigenvalue weighted by Gasteiger charge is 2.27. The van der Waals surface area contributed by atoms with Gasteiger partial charge in [-0.3, -0.25) is 4.90 Å². The largest absolute Gasteiger partial charge is 0.391 e. The molecule has 0 saturated carbocycles. The van der Waals surface area contributed by atoms with Crippen LogP contribution in [0.2, 0.25) is 0 Å². The van der Waals surface area contributed by atoms with E-state index in [0.717, 1.165) is 25.9 Å². The normalized spacial score (nSPS) is 20.6. The van der Waals surface area contributed by atoms with Crippen molar-refractivity contribution in [1.29, 1.82) is 0 Å². The average molecular weight is 318 g/mol. The van der Waals surface area contributed by atoms with E-state index in [1.807, 2.05) is 0 Å². The van der Waals surface area contributed by atoms with Crippen LogP contribution in [0, 0.1) is 6.92 Å². The Balaban J connectivity index is 2.09. The van der Waals surface area contributed by atoms with Crippen LogP contribution in [-0.4, -0.2) is 44.1 Å². The lowest BCUT2D eigenvalue weighted by atomic mass is 10.2. The van der Waals surface area contributed by atoms with E-state index >= 15 is 0 Å². The number of aliphatic hydroxyl groups is 1. The highest BCUT2D eigenvalue weighted by atomic mass is 32.2. The number of thiophene rings is 1. The summed E-state index contributed by atoms with van der Waals surface area (Å²) in [5.41, 5.74) is 0.699. The standard InChI is InChI=1S/C13H22N2O3S2/c1-3-15-6-4-5-11(15)7-14-20(17,18)13-10(2)9-19-12(13)8-16/h9,11,14,16H,3-8H2,1-2H3. The molecular formula is C13H22N2O3S2. The third-order valence-corrected chi connectivity index (χ3v) is 6.69. The van der Waals surface area contributed by atoms with Gasteiger partial charge in [0.15, 0.2) is 0 Å². The van der Waals surface area contributed by atoms with E-state index in [9.17, 15) is 13.5 Å². The number of likely N-dealkylation sites (tertiary alicyclic amines) is 1. The molecule has 0 spiro atoms. The zero-order valence-electron chi connectivity index (χ0n) is 11.9. The molecule has 1 atom stereocenters. The summed E-state index contributed by atoms with van der Waals surface area (Å²) in [7, 11) is -3.54. The van der Waals surface area contributed by atoms with Gasteiger partial charge in [0.1, 0.15) is 4.90 Å². The summed E-state index contributed by atoms with van der Waals surface area (Å²) in [6.07, 6.45) is 2.16. The van der Waals surface area contributed by atoms with Gasteiger partial charge < -0.3 is 5.11 Å². The average Bonchev–Trinajstić information content (AvgIpc) is 3.02. The number of hydrogen-bond acceptors (Lipinski definition) is 5. The highest BCUT2D eigenvalue weighted by Crippen LogP contribution is 2.27. The molecule has 5 nitrogen and oxygen atoms in total. The minimum atomic E-state index is -3.54. The molecule has 1 aliphatic heterocycles. The molecule has 1 unspecified atom stereocenters. The lowest BCUT2D eigenvalue weighted by Gasteiger charge is -2.23. The van der Waals surface area contributed by atoms with Gasteiger partial charge in [-0.25, -0.2) is 13.1 Å². The number of nitrogens with zero attached hydrogens (tertiary/aromatic N) is 1. The quantitative estimate of drug-likeness (QED) is 0.830. The summed E-state index contributed by atoms with van der Waals surface area (Å²) < 4.78 is 27.5. The fourth-order valence-corrected chi connectivity index (χ4v) is 5.51. The van der Waals surface area contributed by atoms with E-state index in [1.54, 1.807) is 12.3 Å². The van der Waals surface area contributed by atoms with Crippen molar-refractivity contribution in [3.05, 3.63) is 15.8 Å². The van der Waals surface area contributed by atoms with Gasteiger partial charge in [0.05, 0.1) is 11.5 Å². The fourth-order valence-electron chi connectivity index (χ4n) is 2.78. The maximum atomic E-state index is 12.4. The first kappa shape index (κ1) is 15.9. The second-order valence-corrected chi connectivity index (χ2v) is 7.77. The number of aryl methyl sites for hydroxylation is 1. The summed E-state index contributed by atoms with van der Waals surface area (Å²) >= 11 is 1.29. The van der Waals surface area contributed by atoms with Crippen molar-refractivity contribution >= 4 is 21.4 Å².